The highest BCUT2D eigenvalue weighted by molar-refractivity contribution is 7.80. The first-order chi connectivity index (χ1) is 10.7. The molecule has 0 fully saturated rings. The SMILES string of the molecule is COc1ccc(CCNC(=S)Nc2ccccc2OC)cc1. The van der Waals surface area contributed by atoms with Crippen LogP contribution in [-0.4, -0.2) is 25.9 Å². The molecule has 0 atom stereocenters. The van der Waals surface area contributed by atoms with Crippen LogP contribution in [-0.2, 0) is 6.42 Å². The van der Waals surface area contributed by atoms with Gasteiger partial charge in [0.25, 0.3) is 0 Å². The van der Waals surface area contributed by atoms with Crippen molar-refractivity contribution >= 4 is 23.0 Å². The lowest BCUT2D eigenvalue weighted by molar-refractivity contribution is 0.414. The summed E-state index contributed by atoms with van der Waals surface area (Å²) in [4.78, 5) is 0. The third-order valence-corrected chi connectivity index (χ3v) is 3.46. The summed E-state index contributed by atoms with van der Waals surface area (Å²) in [5.41, 5.74) is 2.08. The Morgan fingerprint density at radius 1 is 1.00 bits per heavy atom. The maximum Gasteiger partial charge on any atom is 0.170 e. The molecule has 22 heavy (non-hydrogen) atoms. The first-order valence-corrected chi connectivity index (χ1v) is 7.44. The highest BCUT2D eigenvalue weighted by atomic mass is 32.1. The number of thiocarbonyl (C=S) groups is 1. The summed E-state index contributed by atoms with van der Waals surface area (Å²) in [6.07, 6.45) is 0.887. The molecule has 0 amide bonds. The first-order valence-electron chi connectivity index (χ1n) is 7.03. The van der Waals surface area contributed by atoms with Gasteiger partial charge in [0.15, 0.2) is 5.11 Å². The van der Waals surface area contributed by atoms with Gasteiger partial charge in [-0.25, -0.2) is 0 Å². The second-order valence-electron chi connectivity index (χ2n) is 4.68. The summed E-state index contributed by atoms with van der Waals surface area (Å²) >= 11 is 5.30. The molecule has 2 N–H and O–H groups in total. The summed E-state index contributed by atoms with van der Waals surface area (Å²) in [6, 6.07) is 15.7. The van der Waals surface area contributed by atoms with E-state index in [1.54, 1.807) is 14.2 Å². The number of nitrogens with one attached hydrogen (secondary N) is 2. The van der Waals surface area contributed by atoms with E-state index >= 15 is 0 Å². The molecule has 0 aliphatic carbocycles. The van der Waals surface area contributed by atoms with Crippen LogP contribution in [0.1, 0.15) is 5.56 Å². The third-order valence-electron chi connectivity index (χ3n) is 3.21. The van der Waals surface area contributed by atoms with Crippen LogP contribution >= 0.6 is 12.2 Å². The number of ether oxygens (including phenoxy) is 2. The smallest absolute Gasteiger partial charge is 0.170 e. The maximum atomic E-state index is 5.30. The first kappa shape index (κ1) is 16.1. The molecule has 116 valence electrons. The minimum atomic E-state index is 0.581. The van der Waals surface area contributed by atoms with Gasteiger partial charge in [0, 0.05) is 6.54 Å². The van der Waals surface area contributed by atoms with Crippen molar-refractivity contribution in [2.45, 2.75) is 6.42 Å². The molecule has 0 unspecified atom stereocenters. The van der Waals surface area contributed by atoms with E-state index in [0.29, 0.717) is 5.11 Å². The van der Waals surface area contributed by atoms with Crippen molar-refractivity contribution in [2.24, 2.45) is 0 Å². The van der Waals surface area contributed by atoms with Gasteiger partial charge in [0.2, 0.25) is 0 Å². The van der Waals surface area contributed by atoms with Crippen LogP contribution in [0.15, 0.2) is 48.5 Å². The standard InChI is InChI=1S/C17H20N2O2S/c1-20-14-9-7-13(8-10-14)11-12-18-17(22)19-15-5-3-4-6-16(15)21-2/h3-10H,11-12H2,1-2H3,(H2,18,19,22). The zero-order valence-corrected chi connectivity index (χ0v) is 13.6. The van der Waals surface area contributed by atoms with Gasteiger partial charge in [0.05, 0.1) is 19.9 Å². The molecule has 2 aromatic rings. The Balaban J connectivity index is 1.80. The van der Waals surface area contributed by atoms with Crippen molar-refractivity contribution in [2.75, 3.05) is 26.1 Å². The normalized spacial score (nSPS) is 9.91. The van der Waals surface area contributed by atoms with E-state index in [9.17, 15) is 0 Å². The van der Waals surface area contributed by atoms with Gasteiger partial charge in [0.1, 0.15) is 11.5 Å². The van der Waals surface area contributed by atoms with E-state index in [2.05, 4.69) is 22.8 Å². The summed E-state index contributed by atoms with van der Waals surface area (Å²) in [5, 5.41) is 6.92. The molecule has 0 saturated heterocycles. The van der Waals surface area contributed by atoms with E-state index < -0.39 is 0 Å². The monoisotopic (exact) mass is 316 g/mol. The molecule has 0 aromatic heterocycles. The van der Waals surface area contributed by atoms with Crippen molar-refractivity contribution < 1.29 is 9.47 Å². The molecular weight excluding hydrogens is 296 g/mol. The highest BCUT2D eigenvalue weighted by Gasteiger charge is 2.03. The van der Waals surface area contributed by atoms with Crippen LogP contribution in [0.25, 0.3) is 0 Å². The lowest BCUT2D eigenvalue weighted by Crippen LogP contribution is -2.30. The van der Waals surface area contributed by atoms with Gasteiger partial charge < -0.3 is 20.1 Å². The number of para-hydroxylation sites is 2. The molecule has 2 rings (SSSR count). The second kappa shape index (κ2) is 8.24. The molecule has 0 spiro atoms. The number of methoxy groups -OCH3 is 2. The zero-order valence-electron chi connectivity index (χ0n) is 12.8. The number of rotatable bonds is 6. The van der Waals surface area contributed by atoms with E-state index in [-0.39, 0.29) is 0 Å². The zero-order chi connectivity index (χ0) is 15.8. The Morgan fingerprint density at radius 2 is 1.73 bits per heavy atom. The second-order valence-corrected chi connectivity index (χ2v) is 5.09. The molecular formula is C17H20N2O2S. The number of benzene rings is 2. The Kier molecular flexibility index (Phi) is 6.03. The van der Waals surface area contributed by atoms with Gasteiger partial charge in [-0.3, -0.25) is 0 Å². The predicted molar refractivity (Wildman–Crippen MR) is 93.9 cm³/mol. The molecule has 0 radical (unpaired) electrons. The fraction of sp³-hybridized carbons (Fsp3) is 0.235. The van der Waals surface area contributed by atoms with Crippen LogP contribution in [0.4, 0.5) is 5.69 Å². The molecule has 4 nitrogen and oxygen atoms in total. The highest BCUT2D eigenvalue weighted by Crippen LogP contribution is 2.22. The predicted octanol–water partition coefficient (Wildman–Crippen LogP) is 3.23. The number of hydrogen-bond donors (Lipinski definition) is 2. The molecule has 0 aliphatic heterocycles. The summed E-state index contributed by atoms with van der Waals surface area (Å²) in [7, 11) is 3.30. The average molecular weight is 316 g/mol. The van der Waals surface area contributed by atoms with Crippen LogP contribution in [0, 0.1) is 0 Å². The van der Waals surface area contributed by atoms with Crippen molar-refractivity contribution in [1.82, 2.24) is 5.32 Å². The fourth-order valence-electron chi connectivity index (χ4n) is 2.03. The number of anilines is 1. The van der Waals surface area contributed by atoms with Crippen LogP contribution in [0.5, 0.6) is 11.5 Å². The van der Waals surface area contributed by atoms with Gasteiger partial charge in [-0.1, -0.05) is 24.3 Å². The molecule has 5 heteroatoms. The van der Waals surface area contributed by atoms with E-state index in [1.807, 2.05) is 36.4 Å². The minimum Gasteiger partial charge on any atom is -0.497 e. The quantitative estimate of drug-likeness (QED) is 0.801. The molecule has 0 saturated carbocycles. The Hall–Kier alpha value is -2.27. The largest absolute Gasteiger partial charge is 0.497 e. The third kappa shape index (κ3) is 4.63. The minimum absolute atomic E-state index is 0.581. The van der Waals surface area contributed by atoms with Crippen LogP contribution in [0.2, 0.25) is 0 Å². The average Bonchev–Trinajstić information content (AvgIpc) is 2.56. The van der Waals surface area contributed by atoms with Gasteiger partial charge in [-0.2, -0.15) is 0 Å². The molecule has 0 bridgehead atoms. The van der Waals surface area contributed by atoms with Crippen molar-refractivity contribution in [3.8, 4) is 11.5 Å². The Bertz CT molecular complexity index is 614. The molecule has 2 aromatic carbocycles. The van der Waals surface area contributed by atoms with Crippen molar-refractivity contribution in [3.63, 3.8) is 0 Å². The maximum absolute atomic E-state index is 5.30. The van der Waals surface area contributed by atoms with E-state index in [0.717, 1.165) is 30.2 Å². The fourth-order valence-corrected chi connectivity index (χ4v) is 2.24. The van der Waals surface area contributed by atoms with E-state index in [1.165, 1.54) is 5.56 Å². The topological polar surface area (TPSA) is 42.5 Å². The van der Waals surface area contributed by atoms with Gasteiger partial charge in [-0.15, -0.1) is 0 Å². The Labute approximate surface area is 136 Å². The summed E-state index contributed by atoms with van der Waals surface area (Å²) < 4.78 is 10.4. The number of hydrogen-bond acceptors (Lipinski definition) is 3. The van der Waals surface area contributed by atoms with E-state index in [4.69, 9.17) is 21.7 Å². The van der Waals surface area contributed by atoms with Crippen molar-refractivity contribution in [1.29, 1.82) is 0 Å². The Morgan fingerprint density at radius 3 is 2.41 bits per heavy atom. The van der Waals surface area contributed by atoms with Crippen LogP contribution < -0.4 is 20.1 Å². The van der Waals surface area contributed by atoms with Gasteiger partial charge >= 0.3 is 0 Å². The van der Waals surface area contributed by atoms with Crippen LogP contribution in [0.3, 0.4) is 0 Å². The lowest BCUT2D eigenvalue weighted by Gasteiger charge is -2.13. The van der Waals surface area contributed by atoms with Gasteiger partial charge in [-0.05, 0) is 48.5 Å². The summed E-state index contributed by atoms with van der Waals surface area (Å²) in [6.45, 7) is 0.757. The molecule has 0 aliphatic rings. The lowest BCUT2D eigenvalue weighted by atomic mass is 10.1. The van der Waals surface area contributed by atoms with Crippen molar-refractivity contribution in [3.05, 3.63) is 54.1 Å². The summed E-state index contributed by atoms with van der Waals surface area (Å²) in [5.74, 6) is 1.63. The molecule has 0 heterocycles.